The number of thiophene rings is 1. The lowest BCUT2D eigenvalue weighted by Crippen LogP contribution is -2.01. The quantitative estimate of drug-likeness (QED) is 0.867. The van der Waals surface area contributed by atoms with Gasteiger partial charge in [-0.15, -0.1) is 11.3 Å². The third kappa shape index (κ3) is 1.99. The number of hydrogen-bond donors (Lipinski definition) is 2. The zero-order chi connectivity index (χ0) is 13.4. The highest BCUT2D eigenvalue weighted by atomic mass is 32.1. The summed E-state index contributed by atoms with van der Waals surface area (Å²) in [5.41, 5.74) is 10.0. The molecule has 0 aliphatic carbocycles. The number of carbonyl (C=O) groups is 1. The van der Waals surface area contributed by atoms with Crippen LogP contribution in [0.1, 0.15) is 26.4 Å². The molecule has 0 unspecified atom stereocenters. The van der Waals surface area contributed by atoms with Crippen LogP contribution in [0.15, 0.2) is 18.2 Å². The first-order chi connectivity index (χ1) is 8.41. The zero-order valence-electron chi connectivity index (χ0n) is 10.6. The lowest BCUT2D eigenvalue weighted by atomic mass is 9.98. The van der Waals surface area contributed by atoms with E-state index in [0.29, 0.717) is 5.00 Å². The number of rotatable bonds is 2. The van der Waals surface area contributed by atoms with Crippen molar-refractivity contribution in [3.63, 3.8) is 0 Å². The number of nitrogens with two attached hydrogens (primary N) is 1. The molecule has 1 aromatic carbocycles. The van der Waals surface area contributed by atoms with Crippen LogP contribution in [0.2, 0.25) is 0 Å². The monoisotopic (exact) mass is 261 g/mol. The van der Waals surface area contributed by atoms with E-state index in [1.54, 1.807) is 0 Å². The second-order valence-corrected chi connectivity index (χ2v) is 5.63. The van der Waals surface area contributed by atoms with Gasteiger partial charge in [-0.3, -0.25) is 0 Å². The number of aromatic carboxylic acids is 1. The molecule has 3 N–H and O–H groups in total. The van der Waals surface area contributed by atoms with Gasteiger partial charge in [-0.2, -0.15) is 0 Å². The van der Waals surface area contributed by atoms with E-state index >= 15 is 0 Å². The number of carboxylic acid groups (broad SMARTS) is 1. The number of hydrogen-bond acceptors (Lipinski definition) is 3. The Labute approximate surface area is 110 Å². The Morgan fingerprint density at radius 3 is 2.44 bits per heavy atom. The van der Waals surface area contributed by atoms with Crippen molar-refractivity contribution < 1.29 is 9.90 Å². The minimum Gasteiger partial charge on any atom is -0.478 e. The van der Waals surface area contributed by atoms with Crippen molar-refractivity contribution >= 4 is 22.3 Å². The molecule has 0 amide bonds. The van der Waals surface area contributed by atoms with Gasteiger partial charge >= 0.3 is 5.97 Å². The maximum atomic E-state index is 11.3. The summed E-state index contributed by atoms with van der Waals surface area (Å²) in [6.07, 6.45) is 0. The number of anilines is 1. The normalized spacial score (nSPS) is 10.6. The fourth-order valence-electron chi connectivity index (χ4n) is 2.02. The van der Waals surface area contributed by atoms with Crippen LogP contribution in [0.4, 0.5) is 5.00 Å². The number of benzene rings is 1. The molecule has 1 heterocycles. The average Bonchev–Trinajstić information content (AvgIpc) is 2.57. The fraction of sp³-hybridized carbons (Fsp3) is 0.214. The number of nitrogen functional groups attached to an aromatic ring is 1. The van der Waals surface area contributed by atoms with Gasteiger partial charge in [0.25, 0.3) is 0 Å². The minimum absolute atomic E-state index is 0.223. The summed E-state index contributed by atoms with van der Waals surface area (Å²) < 4.78 is 0. The Morgan fingerprint density at radius 2 is 1.89 bits per heavy atom. The molecule has 2 aromatic rings. The van der Waals surface area contributed by atoms with Crippen LogP contribution in [0.25, 0.3) is 11.1 Å². The zero-order valence-corrected chi connectivity index (χ0v) is 11.4. The molecular weight excluding hydrogens is 246 g/mol. The van der Waals surface area contributed by atoms with Crippen LogP contribution in [0.3, 0.4) is 0 Å². The second-order valence-electron chi connectivity index (χ2n) is 4.38. The molecule has 0 fully saturated rings. The van der Waals surface area contributed by atoms with Crippen molar-refractivity contribution in [2.75, 3.05) is 5.73 Å². The molecule has 0 saturated carbocycles. The van der Waals surface area contributed by atoms with Gasteiger partial charge in [0.15, 0.2) is 0 Å². The molecule has 3 nitrogen and oxygen atoms in total. The Hall–Kier alpha value is -1.81. The Balaban J connectivity index is 2.70. The molecule has 2 rings (SSSR count). The first kappa shape index (κ1) is 12.6. The van der Waals surface area contributed by atoms with E-state index in [4.69, 9.17) is 5.73 Å². The Bertz CT molecular complexity index is 629. The highest BCUT2D eigenvalue weighted by molar-refractivity contribution is 7.16. The van der Waals surface area contributed by atoms with Crippen LogP contribution in [-0.4, -0.2) is 11.1 Å². The van der Waals surface area contributed by atoms with E-state index < -0.39 is 5.97 Å². The third-order valence-electron chi connectivity index (χ3n) is 3.12. The van der Waals surface area contributed by atoms with E-state index in [9.17, 15) is 9.90 Å². The van der Waals surface area contributed by atoms with Gasteiger partial charge in [-0.25, -0.2) is 4.79 Å². The second kappa shape index (κ2) is 4.46. The summed E-state index contributed by atoms with van der Waals surface area (Å²) in [6, 6.07) is 5.96. The van der Waals surface area contributed by atoms with Crippen molar-refractivity contribution in [2.24, 2.45) is 0 Å². The largest absolute Gasteiger partial charge is 0.478 e. The van der Waals surface area contributed by atoms with Gasteiger partial charge in [0, 0.05) is 10.4 Å². The summed E-state index contributed by atoms with van der Waals surface area (Å²) in [4.78, 5) is 12.2. The van der Waals surface area contributed by atoms with Crippen molar-refractivity contribution in [1.82, 2.24) is 0 Å². The van der Waals surface area contributed by atoms with E-state index in [0.717, 1.165) is 21.6 Å². The Kier molecular flexibility index (Phi) is 3.13. The topological polar surface area (TPSA) is 63.3 Å². The lowest BCUT2D eigenvalue weighted by Gasteiger charge is -2.07. The van der Waals surface area contributed by atoms with Crippen LogP contribution < -0.4 is 5.73 Å². The van der Waals surface area contributed by atoms with Gasteiger partial charge < -0.3 is 10.8 Å². The molecule has 4 heteroatoms. The standard InChI is InChI=1S/C14H15NO2S/c1-7-4-5-10(6-8(7)2)11-9(3)18-13(15)12(11)14(16)17/h4-6H,15H2,1-3H3,(H,16,17). The number of aryl methyl sites for hydroxylation is 3. The van der Waals surface area contributed by atoms with Gasteiger partial charge in [0.05, 0.1) is 0 Å². The van der Waals surface area contributed by atoms with Crippen molar-refractivity contribution in [3.8, 4) is 11.1 Å². The van der Waals surface area contributed by atoms with Gasteiger partial charge in [-0.1, -0.05) is 18.2 Å². The first-order valence-corrected chi connectivity index (χ1v) is 6.43. The summed E-state index contributed by atoms with van der Waals surface area (Å²) in [7, 11) is 0. The molecular formula is C14H15NO2S. The van der Waals surface area contributed by atoms with Crippen LogP contribution >= 0.6 is 11.3 Å². The SMILES string of the molecule is Cc1ccc(-c2c(C)sc(N)c2C(=O)O)cc1C. The molecule has 0 radical (unpaired) electrons. The molecule has 18 heavy (non-hydrogen) atoms. The fourth-order valence-corrected chi connectivity index (χ4v) is 2.97. The third-order valence-corrected chi connectivity index (χ3v) is 4.06. The van der Waals surface area contributed by atoms with E-state index in [1.807, 2.05) is 39.0 Å². The van der Waals surface area contributed by atoms with Crippen LogP contribution in [0, 0.1) is 20.8 Å². The molecule has 0 aliphatic heterocycles. The maximum absolute atomic E-state index is 11.3. The van der Waals surface area contributed by atoms with E-state index in [2.05, 4.69) is 0 Å². The molecule has 0 saturated heterocycles. The Morgan fingerprint density at radius 1 is 1.22 bits per heavy atom. The smallest absolute Gasteiger partial charge is 0.339 e. The molecule has 0 bridgehead atoms. The average molecular weight is 261 g/mol. The molecule has 0 aliphatic rings. The highest BCUT2D eigenvalue weighted by Gasteiger charge is 2.21. The van der Waals surface area contributed by atoms with Gasteiger partial charge in [0.2, 0.25) is 0 Å². The van der Waals surface area contributed by atoms with Crippen molar-refractivity contribution in [2.45, 2.75) is 20.8 Å². The van der Waals surface area contributed by atoms with Crippen molar-refractivity contribution in [3.05, 3.63) is 39.8 Å². The van der Waals surface area contributed by atoms with Crippen LogP contribution in [0.5, 0.6) is 0 Å². The van der Waals surface area contributed by atoms with Crippen molar-refractivity contribution in [1.29, 1.82) is 0 Å². The molecule has 94 valence electrons. The predicted octanol–water partition coefficient (Wildman–Crippen LogP) is 3.62. The minimum atomic E-state index is -0.968. The molecule has 0 atom stereocenters. The summed E-state index contributed by atoms with van der Waals surface area (Å²) in [5, 5.41) is 9.64. The van der Waals surface area contributed by atoms with E-state index in [-0.39, 0.29) is 5.56 Å². The maximum Gasteiger partial charge on any atom is 0.339 e. The molecule has 0 spiro atoms. The highest BCUT2D eigenvalue weighted by Crippen LogP contribution is 2.38. The summed E-state index contributed by atoms with van der Waals surface area (Å²) in [6.45, 7) is 5.95. The van der Waals surface area contributed by atoms with Gasteiger partial charge in [-0.05, 0) is 37.5 Å². The summed E-state index contributed by atoms with van der Waals surface area (Å²) >= 11 is 1.33. The molecule has 1 aromatic heterocycles. The van der Waals surface area contributed by atoms with Crippen LogP contribution in [-0.2, 0) is 0 Å². The lowest BCUT2D eigenvalue weighted by molar-refractivity contribution is 0.0699. The van der Waals surface area contributed by atoms with E-state index in [1.165, 1.54) is 16.9 Å². The van der Waals surface area contributed by atoms with Gasteiger partial charge in [0.1, 0.15) is 10.6 Å². The number of carboxylic acids is 1. The summed E-state index contributed by atoms with van der Waals surface area (Å²) in [5.74, 6) is -0.968. The predicted molar refractivity (Wildman–Crippen MR) is 75.3 cm³/mol. The first-order valence-electron chi connectivity index (χ1n) is 5.61.